The van der Waals surface area contributed by atoms with Crippen LogP contribution in [0.1, 0.15) is 51.1 Å². The number of hydrogen-bond acceptors (Lipinski definition) is 2. The number of nitrogens with zero attached hydrogens (tertiary/aromatic N) is 1. The highest BCUT2D eigenvalue weighted by molar-refractivity contribution is 5.76. The monoisotopic (exact) mass is 277 g/mol. The maximum Gasteiger partial charge on any atom is 0.240 e. The van der Waals surface area contributed by atoms with Crippen molar-refractivity contribution in [1.82, 2.24) is 15.2 Å². The van der Waals surface area contributed by atoms with Gasteiger partial charge in [-0.25, -0.2) is 0 Å². The van der Waals surface area contributed by atoms with Crippen LogP contribution < -0.4 is 10.6 Å². The molecular formula is C16H27N3O. The molecule has 0 bridgehead atoms. The molecule has 2 rings (SSSR count). The van der Waals surface area contributed by atoms with Gasteiger partial charge in [0.1, 0.15) is 6.54 Å². The first-order valence-corrected chi connectivity index (χ1v) is 7.76. The standard InChI is InChI=1S/C16H27N3O/c1-4-5-12(2)18-15(20)11-19-9-8-14(10-19)16(17-3)13-6-7-13/h8-10,12-13,16-17H,4-7,11H2,1-3H3,(H,18,20). The molecule has 2 unspecified atom stereocenters. The van der Waals surface area contributed by atoms with Crippen molar-refractivity contribution in [3.05, 3.63) is 24.0 Å². The molecule has 1 heterocycles. The summed E-state index contributed by atoms with van der Waals surface area (Å²) in [7, 11) is 2.01. The minimum atomic E-state index is 0.0977. The van der Waals surface area contributed by atoms with E-state index in [1.807, 2.05) is 17.8 Å². The van der Waals surface area contributed by atoms with Crippen molar-refractivity contribution in [1.29, 1.82) is 0 Å². The van der Waals surface area contributed by atoms with Crippen molar-refractivity contribution >= 4 is 5.91 Å². The van der Waals surface area contributed by atoms with E-state index in [2.05, 4.69) is 36.7 Å². The summed E-state index contributed by atoms with van der Waals surface area (Å²) in [6, 6.07) is 2.83. The summed E-state index contributed by atoms with van der Waals surface area (Å²) < 4.78 is 1.98. The number of nitrogens with one attached hydrogen (secondary N) is 2. The Labute approximate surface area is 121 Å². The maximum atomic E-state index is 11.9. The van der Waals surface area contributed by atoms with Gasteiger partial charge in [-0.2, -0.15) is 0 Å². The Bertz CT molecular complexity index is 437. The van der Waals surface area contributed by atoms with E-state index in [-0.39, 0.29) is 11.9 Å². The van der Waals surface area contributed by atoms with Crippen molar-refractivity contribution in [2.45, 2.75) is 58.2 Å². The lowest BCUT2D eigenvalue weighted by Crippen LogP contribution is -2.34. The Morgan fingerprint density at radius 2 is 2.25 bits per heavy atom. The second-order valence-electron chi connectivity index (χ2n) is 5.98. The third-order valence-electron chi connectivity index (χ3n) is 3.99. The Kier molecular flexibility index (Phi) is 5.24. The van der Waals surface area contributed by atoms with E-state index in [0.717, 1.165) is 18.8 Å². The van der Waals surface area contributed by atoms with E-state index in [1.165, 1.54) is 18.4 Å². The first-order chi connectivity index (χ1) is 9.63. The number of carbonyl (C=O) groups excluding carboxylic acids is 1. The van der Waals surface area contributed by atoms with Gasteiger partial charge in [-0.1, -0.05) is 13.3 Å². The zero-order valence-corrected chi connectivity index (χ0v) is 12.9. The van der Waals surface area contributed by atoms with Crippen LogP contribution in [0.2, 0.25) is 0 Å². The first kappa shape index (κ1) is 15.1. The van der Waals surface area contributed by atoms with Crippen molar-refractivity contribution in [2.75, 3.05) is 7.05 Å². The van der Waals surface area contributed by atoms with Crippen LogP contribution in [-0.4, -0.2) is 23.6 Å². The molecule has 2 atom stereocenters. The lowest BCUT2D eigenvalue weighted by Gasteiger charge is -2.14. The molecule has 0 aromatic carbocycles. The van der Waals surface area contributed by atoms with Crippen LogP contribution in [0.15, 0.2) is 18.5 Å². The molecule has 0 saturated heterocycles. The average Bonchev–Trinajstić information content (AvgIpc) is 3.11. The summed E-state index contributed by atoms with van der Waals surface area (Å²) in [5, 5.41) is 6.42. The number of hydrogen-bond donors (Lipinski definition) is 2. The Morgan fingerprint density at radius 3 is 2.85 bits per heavy atom. The van der Waals surface area contributed by atoms with Crippen molar-refractivity contribution in [2.24, 2.45) is 5.92 Å². The molecule has 4 heteroatoms. The summed E-state index contributed by atoms with van der Waals surface area (Å²) >= 11 is 0. The molecule has 112 valence electrons. The molecule has 1 aliphatic rings. The van der Waals surface area contributed by atoms with Crippen molar-refractivity contribution in [3.63, 3.8) is 0 Å². The molecule has 1 fully saturated rings. The number of rotatable bonds is 8. The van der Waals surface area contributed by atoms with Crippen LogP contribution >= 0.6 is 0 Å². The van der Waals surface area contributed by atoms with Crippen molar-refractivity contribution < 1.29 is 4.79 Å². The van der Waals surface area contributed by atoms with Gasteiger partial charge in [0, 0.05) is 24.5 Å². The summed E-state index contributed by atoms with van der Waals surface area (Å²) in [6.45, 7) is 4.61. The zero-order valence-electron chi connectivity index (χ0n) is 12.9. The van der Waals surface area contributed by atoms with Gasteiger partial charge >= 0.3 is 0 Å². The predicted octanol–water partition coefficient (Wildman–Crippen LogP) is 2.46. The third-order valence-corrected chi connectivity index (χ3v) is 3.99. The van der Waals surface area contributed by atoms with Gasteiger partial charge in [0.15, 0.2) is 0 Å². The highest BCUT2D eigenvalue weighted by atomic mass is 16.2. The van der Waals surface area contributed by atoms with Gasteiger partial charge in [-0.15, -0.1) is 0 Å². The SMILES string of the molecule is CCCC(C)NC(=O)Cn1ccc(C(NC)C2CC2)c1. The summed E-state index contributed by atoms with van der Waals surface area (Å²) in [5.74, 6) is 0.870. The number of amides is 1. The molecule has 20 heavy (non-hydrogen) atoms. The second kappa shape index (κ2) is 6.93. The lowest BCUT2D eigenvalue weighted by molar-refractivity contribution is -0.122. The fraction of sp³-hybridized carbons (Fsp3) is 0.688. The van der Waals surface area contributed by atoms with Crippen LogP contribution in [0, 0.1) is 5.92 Å². The fourth-order valence-electron chi connectivity index (χ4n) is 2.84. The minimum absolute atomic E-state index is 0.0977. The van der Waals surface area contributed by atoms with Gasteiger partial charge in [-0.05, 0) is 50.8 Å². The molecule has 1 aromatic heterocycles. The van der Waals surface area contributed by atoms with Crippen LogP contribution in [-0.2, 0) is 11.3 Å². The Morgan fingerprint density at radius 1 is 1.50 bits per heavy atom. The van der Waals surface area contributed by atoms with Gasteiger partial charge in [0.05, 0.1) is 0 Å². The lowest BCUT2D eigenvalue weighted by atomic mass is 10.1. The molecular weight excluding hydrogens is 250 g/mol. The Hall–Kier alpha value is -1.29. The normalized spacial score (nSPS) is 17.8. The van der Waals surface area contributed by atoms with E-state index in [1.54, 1.807) is 0 Å². The minimum Gasteiger partial charge on any atom is -0.352 e. The van der Waals surface area contributed by atoms with Gasteiger partial charge < -0.3 is 15.2 Å². The van der Waals surface area contributed by atoms with Crippen molar-refractivity contribution in [3.8, 4) is 0 Å². The van der Waals surface area contributed by atoms with Gasteiger partial charge in [0.2, 0.25) is 5.91 Å². The maximum absolute atomic E-state index is 11.9. The third kappa shape index (κ3) is 4.10. The van der Waals surface area contributed by atoms with Crippen LogP contribution in [0.25, 0.3) is 0 Å². The molecule has 0 radical (unpaired) electrons. The predicted molar refractivity (Wildman–Crippen MR) is 81.5 cm³/mol. The topological polar surface area (TPSA) is 46.1 Å². The number of aromatic nitrogens is 1. The van der Waals surface area contributed by atoms with E-state index in [9.17, 15) is 4.79 Å². The molecule has 1 aliphatic carbocycles. The molecule has 1 aromatic rings. The van der Waals surface area contributed by atoms with E-state index in [4.69, 9.17) is 0 Å². The average molecular weight is 277 g/mol. The quantitative estimate of drug-likeness (QED) is 0.767. The molecule has 0 aliphatic heterocycles. The molecule has 2 N–H and O–H groups in total. The smallest absolute Gasteiger partial charge is 0.240 e. The first-order valence-electron chi connectivity index (χ1n) is 7.76. The van der Waals surface area contributed by atoms with Gasteiger partial charge in [0.25, 0.3) is 0 Å². The highest BCUT2D eigenvalue weighted by Crippen LogP contribution is 2.40. The highest BCUT2D eigenvalue weighted by Gasteiger charge is 2.31. The molecule has 4 nitrogen and oxygen atoms in total. The largest absolute Gasteiger partial charge is 0.352 e. The zero-order chi connectivity index (χ0) is 14.5. The Balaban J connectivity index is 1.87. The summed E-state index contributed by atoms with van der Waals surface area (Å²) in [5.41, 5.74) is 1.30. The van der Waals surface area contributed by atoms with E-state index < -0.39 is 0 Å². The van der Waals surface area contributed by atoms with Crippen LogP contribution in [0.4, 0.5) is 0 Å². The van der Waals surface area contributed by atoms with Crippen LogP contribution in [0.5, 0.6) is 0 Å². The van der Waals surface area contributed by atoms with E-state index >= 15 is 0 Å². The molecule has 1 saturated carbocycles. The second-order valence-corrected chi connectivity index (χ2v) is 5.98. The van der Waals surface area contributed by atoms with Crippen LogP contribution in [0.3, 0.4) is 0 Å². The summed E-state index contributed by atoms with van der Waals surface area (Å²) in [6.07, 6.45) is 8.86. The summed E-state index contributed by atoms with van der Waals surface area (Å²) in [4.78, 5) is 11.9. The fourth-order valence-corrected chi connectivity index (χ4v) is 2.84. The number of carbonyl (C=O) groups is 1. The molecule has 0 spiro atoms. The molecule has 1 amide bonds. The van der Waals surface area contributed by atoms with Gasteiger partial charge in [-0.3, -0.25) is 4.79 Å². The van der Waals surface area contributed by atoms with E-state index in [0.29, 0.717) is 12.6 Å².